The van der Waals surface area contributed by atoms with Gasteiger partial charge in [0.15, 0.2) is 0 Å². The fourth-order valence-electron chi connectivity index (χ4n) is 1.80. The van der Waals surface area contributed by atoms with E-state index in [1.807, 2.05) is 0 Å². The minimum Gasteiger partial charge on any atom is -0.497 e. The van der Waals surface area contributed by atoms with Gasteiger partial charge in [0.05, 0.1) is 12.8 Å². The van der Waals surface area contributed by atoms with Crippen molar-refractivity contribution < 1.29 is 14.3 Å². The average Bonchev–Trinajstić information content (AvgIpc) is 2.60. The lowest BCUT2D eigenvalue weighted by molar-refractivity contribution is -0.136. The summed E-state index contributed by atoms with van der Waals surface area (Å²) < 4.78 is 5.02. The number of carbonyl (C=O) groups excluding carboxylic acids is 2. The molecule has 0 aliphatic carbocycles. The summed E-state index contributed by atoms with van der Waals surface area (Å²) in [6.45, 7) is 1.71. The molecule has 7 heteroatoms. The molecule has 6 nitrogen and oxygen atoms in total. The Kier molecular flexibility index (Phi) is 5.92. The third-order valence-electron chi connectivity index (χ3n) is 3.14. The van der Waals surface area contributed by atoms with Gasteiger partial charge in [-0.2, -0.15) is 5.10 Å². The number of ether oxygens (including phenoxy) is 1. The number of benzene rings is 2. The molecule has 0 atom stereocenters. The maximum atomic E-state index is 11.8. The molecule has 0 spiro atoms. The van der Waals surface area contributed by atoms with Gasteiger partial charge in [-0.3, -0.25) is 9.59 Å². The van der Waals surface area contributed by atoms with Gasteiger partial charge in [-0.15, -0.1) is 0 Å². The largest absolute Gasteiger partial charge is 0.497 e. The number of nitrogens with zero attached hydrogens (tertiary/aromatic N) is 1. The number of hydrazone groups is 1. The van der Waals surface area contributed by atoms with E-state index in [1.165, 1.54) is 0 Å². The van der Waals surface area contributed by atoms with Crippen LogP contribution < -0.4 is 15.5 Å². The molecule has 0 aliphatic heterocycles. The molecule has 24 heavy (non-hydrogen) atoms. The Morgan fingerprint density at radius 3 is 2.21 bits per heavy atom. The molecule has 0 fully saturated rings. The molecule has 0 aliphatic rings. The second kappa shape index (κ2) is 8.12. The van der Waals surface area contributed by atoms with Crippen LogP contribution >= 0.6 is 11.6 Å². The minimum absolute atomic E-state index is 0.481. The van der Waals surface area contributed by atoms with E-state index in [0.29, 0.717) is 22.2 Å². The minimum atomic E-state index is -0.862. The monoisotopic (exact) mass is 345 g/mol. The Bertz CT molecular complexity index is 756. The van der Waals surface area contributed by atoms with E-state index in [-0.39, 0.29) is 0 Å². The second-order valence-electron chi connectivity index (χ2n) is 4.83. The molecule has 0 aromatic heterocycles. The van der Waals surface area contributed by atoms with Gasteiger partial charge in [-0.05, 0) is 48.9 Å². The SMILES string of the molecule is COc1ccc(NC(=O)C(=O)NN=C(C)c2ccc(Cl)cc2)cc1. The normalized spacial score (nSPS) is 10.9. The van der Waals surface area contributed by atoms with Crippen LogP contribution in [0.25, 0.3) is 0 Å². The van der Waals surface area contributed by atoms with Crippen molar-refractivity contribution in [3.63, 3.8) is 0 Å². The highest BCUT2D eigenvalue weighted by atomic mass is 35.5. The van der Waals surface area contributed by atoms with Gasteiger partial charge < -0.3 is 10.1 Å². The Balaban J connectivity index is 1.94. The lowest BCUT2D eigenvalue weighted by Crippen LogP contribution is -2.32. The number of nitrogens with one attached hydrogen (secondary N) is 2. The highest BCUT2D eigenvalue weighted by Gasteiger charge is 2.13. The highest BCUT2D eigenvalue weighted by molar-refractivity contribution is 6.39. The van der Waals surface area contributed by atoms with Gasteiger partial charge in [0.25, 0.3) is 0 Å². The van der Waals surface area contributed by atoms with Crippen molar-refractivity contribution in [3.05, 3.63) is 59.1 Å². The van der Waals surface area contributed by atoms with Crippen LogP contribution in [-0.4, -0.2) is 24.6 Å². The third kappa shape index (κ3) is 4.82. The smallest absolute Gasteiger partial charge is 0.329 e. The molecule has 0 radical (unpaired) electrons. The van der Waals surface area contributed by atoms with Crippen molar-refractivity contribution in [2.24, 2.45) is 5.10 Å². The molecule has 0 bridgehead atoms. The lowest BCUT2D eigenvalue weighted by atomic mass is 10.1. The van der Waals surface area contributed by atoms with Gasteiger partial charge in [0.2, 0.25) is 0 Å². The number of hydrogen-bond acceptors (Lipinski definition) is 4. The van der Waals surface area contributed by atoms with Gasteiger partial charge >= 0.3 is 11.8 Å². The maximum Gasteiger partial charge on any atom is 0.329 e. The number of amides is 2. The first kappa shape index (κ1) is 17.5. The Morgan fingerprint density at radius 2 is 1.62 bits per heavy atom. The Labute approximate surface area is 144 Å². The van der Waals surface area contributed by atoms with E-state index in [2.05, 4.69) is 15.8 Å². The number of hydrogen-bond donors (Lipinski definition) is 2. The molecule has 0 saturated heterocycles. The van der Waals surface area contributed by atoms with Crippen molar-refractivity contribution in [2.75, 3.05) is 12.4 Å². The van der Waals surface area contributed by atoms with Crippen LogP contribution in [0.1, 0.15) is 12.5 Å². The summed E-state index contributed by atoms with van der Waals surface area (Å²) in [6, 6.07) is 13.6. The number of anilines is 1. The molecule has 0 unspecified atom stereocenters. The molecule has 2 amide bonds. The predicted molar refractivity (Wildman–Crippen MR) is 93.4 cm³/mol. The van der Waals surface area contributed by atoms with Crippen LogP contribution in [-0.2, 0) is 9.59 Å². The quantitative estimate of drug-likeness (QED) is 0.508. The van der Waals surface area contributed by atoms with Crippen LogP contribution in [0.5, 0.6) is 5.75 Å². The second-order valence-corrected chi connectivity index (χ2v) is 5.26. The van der Waals surface area contributed by atoms with Gasteiger partial charge in [-0.25, -0.2) is 5.43 Å². The zero-order chi connectivity index (χ0) is 17.5. The maximum absolute atomic E-state index is 11.8. The summed E-state index contributed by atoms with van der Waals surface area (Å²) in [5, 5.41) is 6.98. The number of halogens is 1. The highest BCUT2D eigenvalue weighted by Crippen LogP contribution is 2.14. The van der Waals surface area contributed by atoms with Crippen molar-refractivity contribution in [1.82, 2.24) is 5.43 Å². The molecule has 2 N–H and O–H groups in total. The Morgan fingerprint density at radius 1 is 1.00 bits per heavy atom. The first-order valence-electron chi connectivity index (χ1n) is 7.05. The van der Waals surface area contributed by atoms with Crippen LogP contribution in [0.15, 0.2) is 53.6 Å². The average molecular weight is 346 g/mol. The topological polar surface area (TPSA) is 79.8 Å². The summed E-state index contributed by atoms with van der Waals surface area (Å²) in [4.78, 5) is 23.6. The van der Waals surface area contributed by atoms with E-state index < -0.39 is 11.8 Å². The van der Waals surface area contributed by atoms with Crippen molar-refractivity contribution >= 4 is 34.8 Å². The summed E-state index contributed by atoms with van der Waals surface area (Å²) in [5.41, 5.74) is 4.04. The van der Waals surface area contributed by atoms with Crippen LogP contribution in [0.4, 0.5) is 5.69 Å². The van der Waals surface area contributed by atoms with Gasteiger partial charge in [0, 0.05) is 10.7 Å². The molecule has 2 aromatic carbocycles. The van der Waals surface area contributed by atoms with Gasteiger partial charge in [-0.1, -0.05) is 23.7 Å². The number of methoxy groups -OCH3 is 1. The van der Waals surface area contributed by atoms with Crippen molar-refractivity contribution in [2.45, 2.75) is 6.92 Å². The van der Waals surface area contributed by atoms with Crippen LogP contribution in [0.3, 0.4) is 0 Å². The van der Waals surface area contributed by atoms with Gasteiger partial charge in [0.1, 0.15) is 5.75 Å². The van der Waals surface area contributed by atoms with E-state index >= 15 is 0 Å². The summed E-state index contributed by atoms with van der Waals surface area (Å²) in [6.07, 6.45) is 0. The van der Waals surface area contributed by atoms with E-state index in [1.54, 1.807) is 62.6 Å². The first-order chi connectivity index (χ1) is 11.5. The first-order valence-corrected chi connectivity index (χ1v) is 7.43. The Hall–Kier alpha value is -2.86. The molecular weight excluding hydrogens is 330 g/mol. The van der Waals surface area contributed by atoms with E-state index in [0.717, 1.165) is 5.56 Å². The van der Waals surface area contributed by atoms with Crippen molar-refractivity contribution in [1.29, 1.82) is 0 Å². The van der Waals surface area contributed by atoms with Crippen molar-refractivity contribution in [3.8, 4) is 5.75 Å². The lowest BCUT2D eigenvalue weighted by Gasteiger charge is -2.06. The predicted octanol–water partition coefficient (Wildman–Crippen LogP) is 2.83. The van der Waals surface area contributed by atoms with Crippen LogP contribution in [0, 0.1) is 0 Å². The number of rotatable bonds is 4. The molecule has 2 rings (SSSR count). The molecule has 2 aromatic rings. The summed E-state index contributed by atoms with van der Waals surface area (Å²) in [7, 11) is 1.54. The summed E-state index contributed by atoms with van der Waals surface area (Å²) in [5.74, 6) is -1.02. The molecular formula is C17H16ClN3O3. The third-order valence-corrected chi connectivity index (χ3v) is 3.39. The van der Waals surface area contributed by atoms with E-state index in [4.69, 9.17) is 16.3 Å². The molecule has 0 saturated carbocycles. The molecule has 124 valence electrons. The van der Waals surface area contributed by atoms with Crippen LogP contribution in [0.2, 0.25) is 5.02 Å². The zero-order valence-corrected chi connectivity index (χ0v) is 13.9. The summed E-state index contributed by atoms with van der Waals surface area (Å²) >= 11 is 5.81. The number of carbonyl (C=O) groups is 2. The fourth-order valence-corrected chi connectivity index (χ4v) is 1.93. The fraction of sp³-hybridized carbons (Fsp3) is 0.118. The molecule has 0 heterocycles. The van der Waals surface area contributed by atoms with E-state index in [9.17, 15) is 9.59 Å². The zero-order valence-electron chi connectivity index (χ0n) is 13.2. The standard InChI is InChI=1S/C17H16ClN3O3/c1-11(12-3-5-13(18)6-4-12)20-21-17(23)16(22)19-14-7-9-15(24-2)10-8-14/h3-10H,1-2H3,(H,19,22)(H,21,23).